The van der Waals surface area contributed by atoms with E-state index in [2.05, 4.69) is 60.8 Å². The Labute approximate surface area is 128 Å². The molecule has 0 radical (unpaired) electrons. The van der Waals surface area contributed by atoms with Crippen molar-refractivity contribution in [1.82, 2.24) is 0 Å². The molecule has 1 aliphatic heterocycles. The van der Waals surface area contributed by atoms with Crippen molar-refractivity contribution in [3.63, 3.8) is 0 Å². The van der Waals surface area contributed by atoms with E-state index in [1.54, 1.807) is 0 Å². The fraction of sp³-hybridized carbons (Fsp3) is 0.222. The SMILES string of the molecule is CCc1ccc2c(c1)NCC(c1cc3ccccc3s1)O2. The lowest BCUT2D eigenvalue weighted by molar-refractivity contribution is 0.214. The van der Waals surface area contributed by atoms with Crippen LogP contribution < -0.4 is 10.1 Å². The van der Waals surface area contributed by atoms with E-state index >= 15 is 0 Å². The number of rotatable bonds is 2. The number of ether oxygens (including phenoxy) is 1. The van der Waals surface area contributed by atoms with Gasteiger partial charge in [0.1, 0.15) is 5.75 Å². The van der Waals surface area contributed by atoms with Gasteiger partial charge >= 0.3 is 0 Å². The van der Waals surface area contributed by atoms with Gasteiger partial charge < -0.3 is 10.1 Å². The molecule has 0 saturated carbocycles. The summed E-state index contributed by atoms with van der Waals surface area (Å²) in [6, 6.07) is 17.2. The van der Waals surface area contributed by atoms with Crippen molar-refractivity contribution in [3.8, 4) is 5.75 Å². The molecule has 1 aliphatic rings. The Bertz CT molecular complexity index is 760. The lowest BCUT2D eigenvalue weighted by Crippen LogP contribution is -2.22. The molecule has 0 amide bonds. The van der Waals surface area contributed by atoms with Gasteiger partial charge in [0.05, 0.1) is 12.2 Å². The van der Waals surface area contributed by atoms with E-state index in [-0.39, 0.29) is 6.10 Å². The van der Waals surface area contributed by atoms with Crippen molar-refractivity contribution in [3.05, 3.63) is 59.0 Å². The summed E-state index contributed by atoms with van der Waals surface area (Å²) in [5.41, 5.74) is 2.46. The van der Waals surface area contributed by atoms with Crippen molar-refractivity contribution in [2.75, 3.05) is 11.9 Å². The maximum atomic E-state index is 6.19. The maximum absolute atomic E-state index is 6.19. The van der Waals surface area contributed by atoms with Crippen LogP contribution in [-0.4, -0.2) is 6.54 Å². The van der Waals surface area contributed by atoms with Crippen LogP contribution in [0.5, 0.6) is 5.75 Å². The average Bonchev–Trinajstić information content (AvgIpc) is 2.98. The monoisotopic (exact) mass is 295 g/mol. The molecule has 2 heterocycles. The van der Waals surface area contributed by atoms with Crippen LogP contribution >= 0.6 is 11.3 Å². The van der Waals surface area contributed by atoms with Gasteiger partial charge in [0.2, 0.25) is 0 Å². The molecular weight excluding hydrogens is 278 g/mol. The summed E-state index contributed by atoms with van der Waals surface area (Å²) in [6.45, 7) is 3.00. The van der Waals surface area contributed by atoms with Crippen LogP contribution in [0.25, 0.3) is 10.1 Å². The minimum atomic E-state index is 0.0994. The smallest absolute Gasteiger partial charge is 0.150 e. The first-order chi connectivity index (χ1) is 10.3. The predicted octanol–water partition coefficient (Wildman–Crippen LogP) is 5.01. The summed E-state index contributed by atoms with van der Waals surface area (Å²) in [7, 11) is 0. The third kappa shape index (κ3) is 2.28. The van der Waals surface area contributed by atoms with Gasteiger partial charge in [0, 0.05) is 9.58 Å². The standard InChI is InChI=1S/C18H17NOS/c1-2-12-7-8-15-14(9-12)19-11-16(20-15)18-10-13-5-3-4-6-17(13)21-18/h3-10,16,19H,2,11H2,1H3. The van der Waals surface area contributed by atoms with Gasteiger partial charge in [0.15, 0.2) is 6.10 Å². The van der Waals surface area contributed by atoms with Crippen LogP contribution in [0.2, 0.25) is 0 Å². The highest BCUT2D eigenvalue weighted by molar-refractivity contribution is 7.19. The van der Waals surface area contributed by atoms with Crippen LogP contribution in [0.4, 0.5) is 5.69 Å². The van der Waals surface area contributed by atoms with Crippen LogP contribution in [0.3, 0.4) is 0 Å². The van der Waals surface area contributed by atoms with Crippen LogP contribution in [0.15, 0.2) is 48.5 Å². The maximum Gasteiger partial charge on any atom is 0.150 e. The second-order valence-corrected chi connectivity index (χ2v) is 6.47. The van der Waals surface area contributed by atoms with Crippen LogP contribution in [0, 0.1) is 0 Å². The number of fused-ring (bicyclic) bond motifs is 2. The van der Waals surface area contributed by atoms with Crippen molar-refractivity contribution < 1.29 is 4.74 Å². The fourth-order valence-corrected chi connectivity index (χ4v) is 3.85. The summed E-state index contributed by atoms with van der Waals surface area (Å²) >= 11 is 1.82. The lowest BCUT2D eigenvalue weighted by Gasteiger charge is -2.27. The number of hydrogen-bond donors (Lipinski definition) is 1. The Morgan fingerprint density at radius 1 is 1.19 bits per heavy atom. The Kier molecular flexibility index (Phi) is 3.08. The number of hydrogen-bond acceptors (Lipinski definition) is 3. The first kappa shape index (κ1) is 12.7. The lowest BCUT2D eigenvalue weighted by atomic mass is 10.1. The Morgan fingerprint density at radius 2 is 2.10 bits per heavy atom. The van der Waals surface area contributed by atoms with Gasteiger partial charge in [-0.3, -0.25) is 0 Å². The molecule has 0 bridgehead atoms. The van der Waals surface area contributed by atoms with Gasteiger partial charge in [-0.1, -0.05) is 31.2 Å². The highest BCUT2D eigenvalue weighted by Gasteiger charge is 2.22. The summed E-state index contributed by atoms with van der Waals surface area (Å²) in [5, 5.41) is 4.81. The topological polar surface area (TPSA) is 21.3 Å². The molecule has 4 rings (SSSR count). The molecule has 1 atom stereocenters. The molecule has 1 aromatic heterocycles. The summed E-state index contributed by atoms with van der Waals surface area (Å²) in [5.74, 6) is 0.959. The zero-order valence-corrected chi connectivity index (χ0v) is 12.7. The summed E-state index contributed by atoms with van der Waals surface area (Å²) < 4.78 is 7.52. The molecule has 2 aromatic carbocycles. The largest absolute Gasteiger partial charge is 0.481 e. The third-order valence-corrected chi connectivity index (χ3v) is 5.17. The van der Waals surface area contributed by atoms with E-state index in [1.165, 1.54) is 20.5 Å². The van der Waals surface area contributed by atoms with Crippen molar-refractivity contribution in [2.45, 2.75) is 19.4 Å². The third-order valence-electron chi connectivity index (χ3n) is 3.96. The molecule has 3 heteroatoms. The molecule has 0 aliphatic carbocycles. The highest BCUT2D eigenvalue weighted by Crippen LogP contribution is 2.38. The van der Waals surface area contributed by atoms with Crippen LogP contribution in [0.1, 0.15) is 23.5 Å². The zero-order valence-electron chi connectivity index (χ0n) is 11.9. The molecule has 0 fully saturated rings. The normalized spacial score (nSPS) is 17.1. The van der Waals surface area contributed by atoms with Gasteiger partial charge in [-0.25, -0.2) is 0 Å². The molecule has 21 heavy (non-hydrogen) atoms. The van der Waals surface area contributed by atoms with Gasteiger partial charge in [-0.2, -0.15) is 0 Å². The Balaban J connectivity index is 1.65. The van der Waals surface area contributed by atoms with Gasteiger partial charge in [-0.15, -0.1) is 11.3 Å². The molecule has 106 valence electrons. The number of anilines is 1. The van der Waals surface area contributed by atoms with Crippen molar-refractivity contribution in [1.29, 1.82) is 0 Å². The van der Waals surface area contributed by atoms with Gasteiger partial charge in [-0.05, 0) is 41.6 Å². The minimum Gasteiger partial charge on any atom is -0.481 e. The number of benzene rings is 2. The quantitative estimate of drug-likeness (QED) is 0.717. The second kappa shape index (κ2) is 5.08. The Hall–Kier alpha value is -2.00. The first-order valence-electron chi connectivity index (χ1n) is 7.35. The first-order valence-corrected chi connectivity index (χ1v) is 8.17. The highest BCUT2D eigenvalue weighted by atomic mass is 32.1. The molecule has 0 saturated heterocycles. The fourth-order valence-electron chi connectivity index (χ4n) is 2.76. The minimum absolute atomic E-state index is 0.0994. The van der Waals surface area contributed by atoms with E-state index in [0.29, 0.717) is 0 Å². The number of aryl methyl sites for hydroxylation is 1. The van der Waals surface area contributed by atoms with E-state index in [1.807, 2.05) is 11.3 Å². The predicted molar refractivity (Wildman–Crippen MR) is 89.5 cm³/mol. The molecule has 3 aromatic rings. The molecule has 2 nitrogen and oxygen atoms in total. The second-order valence-electron chi connectivity index (χ2n) is 5.36. The molecular formula is C18H17NOS. The Morgan fingerprint density at radius 3 is 2.95 bits per heavy atom. The number of thiophene rings is 1. The van der Waals surface area contributed by atoms with E-state index in [0.717, 1.165) is 24.4 Å². The van der Waals surface area contributed by atoms with E-state index in [4.69, 9.17) is 4.74 Å². The molecule has 1 unspecified atom stereocenters. The van der Waals surface area contributed by atoms with Crippen molar-refractivity contribution in [2.24, 2.45) is 0 Å². The van der Waals surface area contributed by atoms with Crippen molar-refractivity contribution >= 4 is 27.1 Å². The zero-order chi connectivity index (χ0) is 14.2. The van der Waals surface area contributed by atoms with Crippen LogP contribution in [-0.2, 0) is 6.42 Å². The van der Waals surface area contributed by atoms with E-state index in [9.17, 15) is 0 Å². The number of nitrogens with one attached hydrogen (secondary N) is 1. The summed E-state index contributed by atoms with van der Waals surface area (Å²) in [6.07, 6.45) is 1.15. The van der Waals surface area contributed by atoms with Gasteiger partial charge in [0.25, 0.3) is 0 Å². The average molecular weight is 295 g/mol. The van der Waals surface area contributed by atoms with E-state index < -0.39 is 0 Å². The molecule has 1 N–H and O–H groups in total. The summed E-state index contributed by atoms with van der Waals surface area (Å²) in [4.78, 5) is 1.29. The molecule has 0 spiro atoms.